The Hall–Kier alpha value is -3.30. The molecule has 2 fully saturated rings. The molecule has 2 N–H and O–H groups in total. The molecule has 3 amide bonds. The third-order valence-corrected chi connectivity index (χ3v) is 12.0. The van der Waals surface area contributed by atoms with Gasteiger partial charge < -0.3 is 38.6 Å². The maximum absolute atomic E-state index is 14.2. The molecule has 3 heterocycles. The number of methoxy groups -OCH3 is 2. The van der Waals surface area contributed by atoms with Gasteiger partial charge in [-0.25, -0.2) is 9.59 Å². The molecule has 9 atom stereocenters. The van der Waals surface area contributed by atoms with Crippen molar-refractivity contribution in [1.82, 2.24) is 10.2 Å². The summed E-state index contributed by atoms with van der Waals surface area (Å²) in [6.45, 7) is 13.1. The Bertz CT molecular complexity index is 1640. The first kappa shape index (κ1) is 43.4. The molecule has 0 aromatic heterocycles. The molecular formula is C39H56ClN3O10S. The number of fused-ring (bicyclic) bond motifs is 5. The van der Waals surface area contributed by atoms with E-state index in [1.807, 2.05) is 26.8 Å². The van der Waals surface area contributed by atoms with Crippen molar-refractivity contribution in [2.45, 2.75) is 126 Å². The van der Waals surface area contributed by atoms with Gasteiger partial charge in [-0.2, -0.15) is 11.8 Å². The number of thioether (sulfide) groups is 1. The quantitative estimate of drug-likeness (QED) is 0.243. The second kappa shape index (κ2) is 17.7. The highest BCUT2D eigenvalue weighted by molar-refractivity contribution is 8.00. The molecule has 0 aliphatic carbocycles. The highest BCUT2D eigenvalue weighted by Gasteiger charge is 2.64. The number of amides is 3. The summed E-state index contributed by atoms with van der Waals surface area (Å²) in [5, 5.41) is 14.9. The maximum Gasteiger partial charge on any atom is 0.409 e. The van der Waals surface area contributed by atoms with Crippen LogP contribution in [0.4, 0.5) is 10.5 Å². The Morgan fingerprint density at radius 1 is 1.20 bits per heavy atom. The molecule has 3 aliphatic rings. The number of nitrogens with one attached hydrogen (secondary N) is 1. The fourth-order valence-corrected chi connectivity index (χ4v) is 8.60. The molecule has 1 aromatic rings. The molecule has 0 spiro atoms. The predicted molar refractivity (Wildman–Crippen MR) is 208 cm³/mol. The zero-order chi connectivity index (χ0) is 40.3. The van der Waals surface area contributed by atoms with Gasteiger partial charge in [0, 0.05) is 45.2 Å². The van der Waals surface area contributed by atoms with Gasteiger partial charge in [0.15, 0.2) is 5.72 Å². The number of halogens is 1. The molecule has 13 nitrogen and oxygen atoms in total. The smallest absolute Gasteiger partial charge is 0.409 e. The van der Waals surface area contributed by atoms with Crippen molar-refractivity contribution in [2.24, 2.45) is 5.92 Å². The van der Waals surface area contributed by atoms with Crippen molar-refractivity contribution in [3.8, 4) is 5.75 Å². The summed E-state index contributed by atoms with van der Waals surface area (Å²) in [7, 11) is 6.07. The molecule has 1 unspecified atom stereocenters. The lowest BCUT2D eigenvalue weighted by molar-refractivity contribution is -0.162. The summed E-state index contributed by atoms with van der Waals surface area (Å²) >= 11 is 8.45. The van der Waals surface area contributed by atoms with E-state index >= 15 is 0 Å². The number of rotatable bonds is 9. The number of likely N-dealkylation sites (N-methyl/N-ethyl adjacent to an activating group) is 1. The van der Waals surface area contributed by atoms with Crippen molar-refractivity contribution < 1.29 is 48.0 Å². The maximum atomic E-state index is 14.2. The zero-order valence-corrected chi connectivity index (χ0v) is 34.7. The van der Waals surface area contributed by atoms with Gasteiger partial charge in [0.05, 0.1) is 25.3 Å². The van der Waals surface area contributed by atoms with Crippen LogP contribution in [-0.4, -0.2) is 114 Å². The van der Waals surface area contributed by atoms with Crippen LogP contribution in [0.25, 0.3) is 0 Å². The highest BCUT2D eigenvalue weighted by Crippen LogP contribution is 2.49. The number of allylic oxidation sites excluding steroid dienone is 3. The van der Waals surface area contributed by atoms with E-state index in [4.69, 9.17) is 35.3 Å². The van der Waals surface area contributed by atoms with Crippen LogP contribution in [0, 0.1) is 5.92 Å². The lowest BCUT2D eigenvalue weighted by Crippen LogP contribution is -2.63. The molecule has 54 heavy (non-hydrogen) atoms. The van der Waals surface area contributed by atoms with E-state index < -0.39 is 65.7 Å². The van der Waals surface area contributed by atoms with Crippen LogP contribution in [0.5, 0.6) is 5.75 Å². The molecule has 4 rings (SSSR count). The minimum Gasteiger partial charge on any atom is -0.495 e. The molecule has 0 radical (unpaired) electrons. The Morgan fingerprint density at radius 3 is 2.52 bits per heavy atom. The minimum atomic E-state index is -1.82. The molecule has 4 bridgehead atoms. The van der Waals surface area contributed by atoms with Gasteiger partial charge in [0.25, 0.3) is 0 Å². The van der Waals surface area contributed by atoms with Crippen LogP contribution >= 0.6 is 23.4 Å². The van der Waals surface area contributed by atoms with Crippen LogP contribution < -0.4 is 15.0 Å². The van der Waals surface area contributed by atoms with Gasteiger partial charge in [0.1, 0.15) is 40.7 Å². The molecule has 2 saturated heterocycles. The van der Waals surface area contributed by atoms with Gasteiger partial charge >= 0.3 is 12.1 Å². The van der Waals surface area contributed by atoms with E-state index in [9.17, 15) is 24.3 Å². The topological polar surface area (TPSA) is 156 Å². The lowest BCUT2D eigenvalue weighted by atomic mass is 9.83. The Morgan fingerprint density at radius 2 is 1.89 bits per heavy atom. The summed E-state index contributed by atoms with van der Waals surface area (Å²) in [4.78, 5) is 56.8. The van der Waals surface area contributed by atoms with Gasteiger partial charge in [-0.3, -0.25) is 14.9 Å². The van der Waals surface area contributed by atoms with E-state index in [2.05, 4.69) is 19.2 Å². The summed E-state index contributed by atoms with van der Waals surface area (Å²) in [6, 6.07) is 2.63. The number of ether oxygens (including phenoxy) is 5. The predicted octanol–water partition coefficient (Wildman–Crippen LogP) is 5.43. The third-order valence-electron chi connectivity index (χ3n) is 10.5. The monoisotopic (exact) mass is 793 g/mol. The number of hydrogen-bond acceptors (Lipinski definition) is 11. The van der Waals surface area contributed by atoms with Crippen molar-refractivity contribution >= 4 is 52.9 Å². The van der Waals surface area contributed by atoms with Gasteiger partial charge in [-0.05, 0) is 50.1 Å². The molecule has 1 aromatic carbocycles. The number of nitrogens with zero attached hydrogens (tertiary/aromatic N) is 2. The number of benzene rings is 1. The van der Waals surface area contributed by atoms with Crippen molar-refractivity contribution in [3.63, 3.8) is 0 Å². The van der Waals surface area contributed by atoms with Crippen LogP contribution in [0.3, 0.4) is 0 Å². The van der Waals surface area contributed by atoms with Crippen molar-refractivity contribution in [1.29, 1.82) is 0 Å². The Balaban J connectivity index is 1.73. The third kappa shape index (κ3) is 9.92. The first-order valence-corrected chi connectivity index (χ1v) is 19.6. The van der Waals surface area contributed by atoms with Gasteiger partial charge in [-0.1, -0.05) is 63.1 Å². The SMILES string of the molecule is COc1cc2cc(c1Cl)N(C)C(=O)C[C@H](OC(=O)[C@H](C)N(C)C(=O)CC(C)SC(C)C)[C@]1(C)O[C@H]1[C@H](C)[C@@H]1C[C@@](O)(NC(=O)O1)[C@H](OC)/C=C/C=C(\C)C2. The standard InChI is InChI=1S/C39H56ClN3O10S/c1-21(2)54-23(4)16-32(44)42(8)25(6)36(46)52-31-19-33(45)43(9)27-17-26(18-28(49-10)34(27)40)15-22(3)13-12-14-30(50-11)39(48)20-29(51-37(47)41-39)24(5)35-38(31,7)53-35/h12-14,17-18,21,23-25,29-31,35,48H,15-16,19-20H2,1-11H3,(H,41,47)/b14-12+,22-13+/t23?,24-,25+,29+,30-,31+,35+,38+,39+/m1/s1. The average Bonchev–Trinajstić information content (AvgIpc) is 3.79. The number of carbonyl (C=O) groups excluding carboxylic acids is 4. The number of hydrogen-bond donors (Lipinski definition) is 2. The fraction of sp³-hybridized carbons (Fsp3) is 0.641. The average molecular weight is 794 g/mol. The molecular weight excluding hydrogens is 738 g/mol. The van der Waals surface area contributed by atoms with Crippen LogP contribution in [-0.2, 0) is 39.8 Å². The minimum absolute atomic E-state index is 0.0457. The number of esters is 1. The highest BCUT2D eigenvalue weighted by atomic mass is 35.5. The zero-order valence-electron chi connectivity index (χ0n) is 33.1. The number of carbonyl (C=O) groups is 4. The van der Waals surface area contributed by atoms with E-state index in [1.54, 1.807) is 64.0 Å². The van der Waals surface area contributed by atoms with Gasteiger partial charge in [0.2, 0.25) is 11.8 Å². The van der Waals surface area contributed by atoms with E-state index in [0.717, 1.165) is 11.1 Å². The molecule has 300 valence electrons. The van der Waals surface area contributed by atoms with Crippen LogP contribution in [0.2, 0.25) is 5.02 Å². The molecule has 15 heteroatoms. The number of aliphatic hydroxyl groups is 1. The number of alkyl carbamates (subject to hydrolysis) is 1. The first-order valence-electron chi connectivity index (χ1n) is 18.2. The second-order valence-corrected chi connectivity index (χ2v) is 17.5. The number of anilines is 1. The Kier molecular flexibility index (Phi) is 14.2. The summed E-state index contributed by atoms with van der Waals surface area (Å²) in [6.07, 6.45) is 1.23. The molecule has 3 aliphatic heterocycles. The van der Waals surface area contributed by atoms with E-state index in [0.29, 0.717) is 23.1 Å². The largest absolute Gasteiger partial charge is 0.495 e. The normalized spacial score (nSPS) is 31.6. The van der Waals surface area contributed by atoms with Crippen molar-refractivity contribution in [2.75, 3.05) is 33.2 Å². The summed E-state index contributed by atoms with van der Waals surface area (Å²) in [5.41, 5.74) is -0.893. The molecule has 0 saturated carbocycles. The van der Waals surface area contributed by atoms with E-state index in [1.165, 1.54) is 24.0 Å². The summed E-state index contributed by atoms with van der Waals surface area (Å²) < 4.78 is 29.3. The lowest BCUT2D eigenvalue weighted by Gasteiger charge is -2.42. The van der Waals surface area contributed by atoms with Crippen molar-refractivity contribution in [3.05, 3.63) is 46.5 Å². The fourth-order valence-electron chi connectivity index (χ4n) is 7.12. The van der Waals surface area contributed by atoms with Crippen LogP contribution in [0.15, 0.2) is 35.9 Å². The number of epoxide rings is 1. The van der Waals surface area contributed by atoms with Gasteiger partial charge in [-0.15, -0.1) is 0 Å². The second-order valence-electron chi connectivity index (χ2n) is 15.1. The summed E-state index contributed by atoms with van der Waals surface area (Å²) in [5.74, 6) is -1.50. The Labute approximate surface area is 328 Å². The first-order chi connectivity index (χ1) is 25.2. The van der Waals surface area contributed by atoms with Crippen LogP contribution in [0.1, 0.15) is 73.3 Å². The van der Waals surface area contributed by atoms with E-state index in [-0.39, 0.29) is 35.4 Å².